The van der Waals surface area contributed by atoms with Crippen molar-refractivity contribution < 1.29 is 9.84 Å². The van der Waals surface area contributed by atoms with Crippen molar-refractivity contribution in [1.82, 2.24) is 0 Å². The van der Waals surface area contributed by atoms with Crippen molar-refractivity contribution in [2.45, 2.75) is 25.2 Å². The molecular formula is C10H19NO2S. The van der Waals surface area contributed by atoms with Gasteiger partial charge in [0.25, 0.3) is 0 Å². The first-order valence-electron chi connectivity index (χ1n) is 4.47. The first-order valence-corrected chi connectivity index (χ1v) is 6.36. The summed E-state index contributed by atoms with van der Waals surface area (Å²) in [7, 11) is -3.08. The average Bonchev–Trinajstić information content (AvgIpc) is 2.04. The van der Waals surface area contributed by atoms with Gasteiger partial charge in [-0.1, -0.05) is 20.3 Å². The third kappa shape index (κ3) is 4.87. The van der Waals surface area contributed by atoms with Crippen LogP contribution in [0.3, 0.4) is 0 Å². The Hall–Kier alpha value is -1.03. The van der Waals surface area contributed by atoms with E-state index in [-0.39, 0.29) is 1.43 Å². The number of rotatable bonds is 1. The number of anilines is 1. The van der Waals surface area contributed by atoms with E-state index in [9.17, 15) is 8.42 Å². The molecule has 0 aliphatic carbocycles. The van der Waals surface area contributed by atoms with Crippen molar-refractivity contribution in [3.05, 3.63) is 24.3 Å². The molecule has 1 aromatic rings. The predicted octanol–water partition coefficient (Wildman–Crippen LogP) is 2.33. The summed E-state index contributed by atoms with van der Waals surface area (Å²) in [5, 5.41) is 0. The van der Waals surface area contributed by atoms with Gasteiger partial charge in [-0.15, -0.1) is 0 Å². The zero-order chi connectivity index (χ0) is 11.2. The molecule has 82 valence electrons. The molecule has 2 N–H and O–H groups in total. The van der Waals surface area contributed by atoms with E-state index in [1.165, 1.54) is 24.8 Å². The van der Waals surface area contributed by atoms with Gasteiger partial charge in [0.15, 0.2) is 9.84 Å². The minimum atomic E-state index is -3.08. The third-order valence-electron chi connectivity index (χ3n) is 1.31. The largest absolute Gasteiger partial charge is 0.399 e. The van der Waals surface area contributed by atoms with Gasteiger partial charge in [-0.25, -0.2) is 8.42 Å². The van der Waals surface area contributed by atoms with Crippen molar-refractivity contribution in [3.63, 3.8) is 0 Å². The molecule has 0 unspecified atom stereocenters. The molecule has 1 rings (SSSR count). The zero-order valence-corrected chi connectivity index (χ0v) is 9.64. The highest BCUT2D eigenvalue weighted by Crippen LogP contribution is 2.10. The number of hydrogen-bond donors (Lipinski definition) is 1. The highest BCUT2D eigenvalue weighted by molar-refractivity contribution is 7.90. The Morgan fingerprint density at radius 1 is 1.21 bits per heavy atom. The van der Waals surface area contributed by atoms with Gasteiger partial charge >= 0.3 is 0 Å². The molecule has 0 aliphatic heterocycles. The van der Waals surface area contributed by atoms with Gasteiger partial charge in [0.05, 0.1) is 4.90 Å². The van der Waals surface area contributed by atoms with E-state index in [2.05, 4.69) is 13.8 Å². The van der Waals surface area contributed by atoms with E-state index < -0.39 is 9.84 Å². The molecule has 0 aliphatic rings. The summed E-state index contributed by atoms with van der Waals surface area (Å²) in [4.78, 5) is 0.298. The lowest BCUT2D eigenvalue weighted by atomic mass is 10.3. The van der Waals surface area contributed by atoms with Crippen molar-refractivity contribution in [3.8, 4) is 0 Å². The second-order valence-electron chi connectivity index (χ2n) is 3.05. The second kappa shape index (κ2) is 5.65. The maximum absolute atomic E-state index is 10.9. The summed E-state index contributed by atoms with van der Waals surface area (Å²) in [6.07, 6.45) is 2.42. The number of hydrogen-bond acceptors (Lipinski definition) is 3. The normalized spacial score (nSPS) is 10.2. The molecule has 0 amide bonds. The van der Waals surface area contributed by atoms with Gasteiger partial charge in [0, 0.05) is 13.4 Å². The van der Waals surface area contributed by atoms with Crippen molar-refractivity contribution >= 4 is 15.5 Å². The van der Waals surface area contributed by atoms with Gasteiger partial charge in [-0.2, -0.15) is 0 Å². The number of nitrogen functional groups attached to an aromatic ring is 1. The number of benzene rings is 1. The smallest absolute Gasteiger partial charge is 0.175 e. The Morgan fingerprint density at radius 3 is 1.86 bits per heavy atom. The van der Waals surface area contributed by atoms with Crippen LogP contribution in [0.2, 0.25) is 0 Å². The lowest BCUT2D eigenvalue weighted by molar-refractivity contribution is 0.602. The lowest BCUT2D eigenvalue weighted by Gasteiger charge is -1.96. The molecule has 0 spiro atoms. The summed E-state index contributed by atoms with van der Waals surface area (Å²) in [5.41, 5.74) is 5.94. The van der Waals surface area contributed by atoms with E-state index in [1.807, 2.05) is 0 Å². The fourth-order valence-corrected chi connectivity index (χ4v) is 1.35. The Labute approximate surface area is 87.3 Å². The zero-order valence-electron chi connectivity index (χ0n) is 8.82. The lowest BCUT2D eigenvalue weighted by Crippen LogP contribution is -1.96. The fourth-order valence-electron chi connectivity index (χ4n) is 0.715. The van der Waals surface area contributed by atoms with Crippen LogP contribution in [0.25, 0.3) is 0 Å². The molecule has 0 fully saturated rings. The summed E-state index contributed by atoms with van der Waals surface area (Å²) in [5.74, 6) is 0. The maximum Gasteiger partial charge on any atom is 0.175 e. The summed E-state index contributed by atoms with van der Waals surface area (Å²) < 4.78 is 21.8. The van der Waals surface area contributed by atoms with Crippen LogP contribution in [0, 0.1) is 0 Å². The Morgan fingerprint density at radius 2 is 1.57 bits per heavy atom. The highest BCUT2D eigenvalue weighted by atomic mass is 32.2. The molecular weight excluding hydrogens is 198 g/mol. The topological polar surface area (TPSA) is 60.2 Å². The van der Waals surface area contributed by atoms with Gasteiger partial charge in [0.1, 0.15) is 0 Å². The molecule has 0 saturated heterocycles. The molecule has 4 heteroatoms. The highest BCUT2D eigenvalue weighted by Gasteiger charge is 2.04. The van der Waals surface area contributed by atoms with Gasteiger partial charge in [0.2, 0.25) is 0 Å². The molecule has 0 atom stereocenters. The molecule has 0 saturated carbocycles. The Kier molecular flexibility index (Phi) is 5.23. The van der Waals surface area contributed by atoms with E-state index >= 15 is 0 Å². The minimum absolute atomic E-state index is 0. The summed E-state index contributed by atoms with van der Waals surface area (Å²) >= 11 is 0. The van der Waals surface area contributed by atoms with Gasteiger partial charge in [-0.05, 0) is 24.3 Å². The van der Waals surface area contributed by atoms with Crippen LogP contribution in [0.4, 0.5) is 5.69 Å². The first kappa shape index (κ1) is 13.0. The predicted molar refractivity (Wildman–Crippen MR) is 62.0 cm³/mol. The van der Waals surface area contributed by atoms with E-state index in [1.54, 1.807) is 12.1 Å². The first-order chi connectivity index (χ1) is 6.41. The Balaban J connectivity index is 0. The van der Waals surface area contributed by atoms with Crippen LogP contribution >= 0.6 is 0 Å². The fraction of sp³-hybridized carbons (Fsp3) is 0.400. The molecule has 14 heavy (non-hydrogen) atoms. The molecule has 3 nitrogen and oxygen atoms in total. The average molecular weight is 217 g/mol. The Bertz CT molecular complexity index is 360. The van der Waals surface area contributed by atoms with Crippen LogP contribution < -0.4 is 5.73 Å². The monoisotopic (exact) mass is 217 g/mol. The van der Waals surface area contributed by atoms with E-state index in [0.717, 1.165) is 0 Å². The maximum atomic E-state index is 10.9. The molecule has 0 radical (unpaired) electrons. The third-order valence-corrected chi connectivity index (χ3v) is 2.44. The van der Waals surface area contributed by atoms with Crippen LogP contribution in [-0.2, 0) is 9.84 Å². The number of nitrogens with two attached hydrogens (primary N) is 1. The van der Waals surface area contributed by atoms with Crippen LogP contribution in [-0.4, -0.2) is 14.7 Å². The quantitative estimate of drug-likeness (QED) is 0.734. The van der Waals surface area contributed by atoms with Gasteiger partial charge in [-0.3, -0.25) is 0 Å². The summed E-state index contributed by atoms with van der Waals surface area (Å²) in [6.45, 7) is 4.25. The number of sulfone groups is 1. The molecule has 0 aromatic heterocycles. The van der Waals surface area contributed by atoms with Crippen LogP contribution in [0.15, 0.2) is 29.2 Å². The molecule has 0 heterocycles. The van der Waals surface area contributed by atoms with Crippen molar-refractivity contribution in [2.24, 2.45) is 0 Å². The standard InChI is InChI=1S/C7H9NO2S.C3H8.H2/c1-11(9,10)7-4-2-6(8)3-5-7;1-3-2;/h2-5H,8H2,1H3;3H2,1-2H3;1H. The second-order valence-corrected chi connectivity index (χ2v) is 5.06. The van der Waals surface area contributed by atoms with Gasteiger partial charge < -0.3 is 5.73 Å². The minimum Gasteiger partial charge on any atom is -0.399 e. The molecule has 1 aromatic carbocycles. The van der Waals surface area contributed by atoms with Crippen LogP contribution in [0.5, 0.6) is 0 Å². The summed E-state index contributed by atoms with van der Waals surface area (Å²) in [6, 6.07) is 6.11. The van der Waals surface area contributed by atoms with Crippen molar-refractivity contribution in [2.75, 3.05) is 12.0 Å². The molecule has 0 bridgehead atoms. The van der Waals surface area contributed by atoms with Crippen LogP contribution in [0.1, 0.15) is 21.7 Å². The van der Waals surface area contributed by atoms with E-state index in [0.29, 0.717) is 10.6 Å². The SMILES string of the molecule is CCC.CS(=O)(=O)c1ccc(N)cc1.[HH]. The van der Waals surface area contributed by atoms with E-state index in [4.69, 9.17) is 5.73 Å². The van der Waals surface area contributed by atoms with Crippen molar-refractivity contribution in [1.29, 1.82) is 0 Å².